The van der Waals surface area contributed by atoms with Crippen molar-refractivity contribution in [3.05, 3.63) is 0 Å². The minimum absolute atomic E-state index is 0.372. The summed E-state index contributed by atoms with van der Waals surface area (Å²) in [6.07, 6.45) is 4.81. The van der Waals surface area contributed by atoms with E-state index in [0.29, 0.717) is 12.5 Å². The number of aliphatic hydroxyl groups is 1. The fraction of sp³-hybridized carbons (Fsp3) is 1.00. The molecule has 0 aliphatic carbocycles. The van der Waals surface area contributed by atoms with Gasteiger partial charge in [0.15, 0.2) is 0 Å². The highest BCUT2D eigenvalue weighted by Crippen LogP contribution is 2.13. The molecule has 1 heterocycles. The summed E-state index contributed by atoms with van der Waals surface area (Å²) in [5.74, 6) is 0.539. The molecule has 0 unspecified atom stereocenters. The smallest absolute Gasteiger partial charge is 0.0459 e. The molecule has 16 heavy (non-hydrogen) atoms. The zero-order chi connectivity index (χ0) is 11.8. The first-order chi connectivity index (χ1) is 7.76. The van der Waals surface area contributed by atoms with Gasteiger partial charge in [0.1, 0.15) is 0 Å². The first kappa shape index (κ1) is 13.9. The van der Waals surface area contributed by atoms with Gasteiger partial charge in [0.25, 0.3) is 0 Å². The van der Waals surface area contributed by atoms with E-state index in [4.69, 9.17) is 0 Å². The minimum atomic E-state index is 0.372. The van der Waals surface area contributed by atoms with Crippen LogP contribution in [0.4, 0.5) is 0 Å². The SMILES string of the molecule is CCC[C@@H](CO)CCCN1CCN(C)CC1. The summed E-state index contributed by atoms with van der Waals surface area (Å²) in [6.45, 7) is 8.63. The molecule has 0 spiro atoms. The van der Waals surface area contributed by atoms with Crippen molar-refractivity contribution in [3.8, 4) is 0 Å². The number of nitrogens with zero attached hydrogens (tertiary/aromatic N) is 2. The molecule has 1 saturated heterocycles. The highest BCUT2D eigenvalue weighted by molar-refractivity contribution is 4.69. The molecule has 0 saturated carbocycles. The Balaban J connectivity index is 2.05. The third-order valence-electron chi connectivity index (χ3n) is 3.64. The summed E-state index contributed by atoms with van der Waals surface area (Å²) in [7, 11) is 2.19. The van der Waals surface area contributed by atoms with Crippen LogP contribution in [-0.2, 0) is 0 Å². The number of likely N-dealkylation sites (N-methyl/N-ethyl adjacent to an activating group) is 1. The molecule has 1 aliphatic rings. The average molecular weight is 228 g/mol. The summed E-state index contributed by atoms with van der Waals surface area (Å²) in [6, 6.07) is 0. The molecule has 0 aromatic rings. The Morgan fingerprint density at radius 1 is 1.12 bits per heavy atom. The van der Waals surface area contributed by atoms with Gasteiger partial charge in [-0.1, -0.05) is 13.3 Å². The normalized spacial score (nSPS) is 21.2. The quantitative estimate of drug-likeness (QED) is 0.714. The third-order valence-corrected chi connectivity index (χ3v) is 3.64. The highest BCUT2D eigenvalue weighted by atomic mass is 16.3. The maximum Gasteiger partial charge on any atom is 0.0459 e. The van der Waals surface area contributed by atoms with Gasteiger partial charge < -0.3 is 14.9 Å². The van der Waals surface area contributed by atoms with Gasteiger partial charge in [-0.15, -0.1) is 0 Å². The van der Waals surface area contributed by atoms with Crippen LogP contribution in [0.25, 0.3) is 0 Å². The van der Waals surface area contributed by atoms with Crippen LogP contribution >= 0.6 is 0 Å². The molecular formula is C13H28N2O. The summed E-state index contributed by atoms with van der Waals surface area (Å²) < 4.78 is 0. The number of hydrogen-bond acceptors (Lipinski definition) is 3. The van der Waals surface area contributed by atoms with Crippen LogP contribution in [-0.4, -0.2) is 61.3 Å². The molecule has 0 aromatic heterocycles. The number of rotatable bonds is 7. The van der Waals surface area contributed by atoms with Gasteiger partial charge >= 0.3 is 0 Å². The standard InChI is InChI=1S/C13H28N2O/c1-3-5-13(12-16)6-4-7-15-10-8-14(2)9-11-15/h13,16H,3-12H2,1-2H3/t13-/m1/s1. The van der Waals surface area contributed by atoms with Crippen LogP contribution in [0, 0.1) is 5.92 Å². The summed E-state index contributed by atoms with van der Waals surface area (Å²) in [5, 5.41) is 9.21. The Bertz CT molecular complexity index is 167. The lowest BCUT2D eigenvalue weighted by atomic mass is 9.99. The molecule has 0 aromatic carbocycles. The lowest BCUT2D eigenvalue weighted by Gasteiger charge is -2.32. The molecule has 0 amide bonds. The summed E-state index contributed by atoms with van der Waals surface area (Å²) in [4.78, 5) is 4.95. The first-order valence-corrected chi connectivity index (χ1v) is 6.78. The van der Waals surface area contributed by atoms with Crippen LogP contribution in [0.3, 0.4) is 0 Å². The Morgan fingerprint density at radius 3 is 2.38 bits per heavy atom. The van der Waals surface area contributed by atoms with Crippen molar-refractivity contribution < 1.29 is 5.11 Å². The van der Waals surface area contributed by atoms with Gasteiger partial charge in [0.05, 0.1) is 0 Å². The number of piperazine rings is 1. The zero-order valence-electron chi connectivity index (χ0n) is 11.0. The minimum Gasteiger partial charge on any atom is -0.396 e. The fourth-order valence-electron chi connectivity index (χ4n) is 2.41. The predicted molar refractivity (Wildman–Crippen MR) is 68.7 cm³/mol. The van der Waals surface area contributed by atoms with Gasteiger partial charge in [0, 0.05) is 32.8 Å². The summed E-state index contributed by atoms with van der Waals surface area (Å²) in [5.41, 5.74) is 0. The first-order valence-electron chi connectivity index (χ1n) is 6.78. The van der Waals surface area contributed by atoms with Crippen molar-refractivity contribution in [1.82, 2.24) is 9.80 Å². The van der Waals surface area contributed by atoms with Crippen LogP contribution in [0.2, 0.25) is 0 Å². The van der Waals surface area contributed by atoms with Crippen molar-refractivity contribution in [2.75, 3.05) is 46.4 Å². The predicted octanol–water partition coefficient (Wildman–Crippen LogP) is 1.42. The van der Waals surface area contributed by atoms with Crippen molar-refractivity contribution in [2.45, 2.75) is 32.6 Å². The molecule has 96 valence electrons. The van der Waals surface area contributed by atoms with Crippen LogP contribution < -0.4 is 0 Å². The van der Waals surface area contributed by atoms with E-state index in [0.717, 1.165) is 0 Å². The Labute approximate surface area is 100 Å². The molecular weight excluding hydrogens is 200 g/mol. The zero-order valence-corrected chi connectivity index (χ0v) is 11.0. The Morgan fingerprint density at radius 2 is 1.81 bits per heavy atom. The van der Waals surface area contributed by atoms with E-state index < -0.39 is 0 Å². The lowest BCUT2D eigenvalue weighted by molar-refractivity contribution is 0.145. The molecule has 1 fully saturated rings. The van der Waals surface area contributed by atoms with Gasteiger partial charge in [-0.2, -0.15) is 0 Å². The molecule has 1 N–H and O–H groups in total. The topological polar surface area (TPSA) is 26.7 Å². The second kappa shape index (κ2) is 8.04. The van der Waals surface area contributed by atoms with Crippen molar-refractivity contribution in [1.29, 1.82) is 0 Å². The maximum atomic E-state index is 9.21. The Hall–Kier alpha value is -0.120. The van der Waals surface area contributed by atoms with E-state index in [1.807, 2.05) is 0 Å². The van der Waals surface area contributed by atoms with Gasteiger partial charge in [-0.25, -0.2) is 0 Å². The van der Waals surface area contributed by atoms with E-state index >= 15 is 0 Å². The van der Waals surface area contributed by atoms with Gasteiger partial charge in [-0.05, 0) is 38.8 Å². The second-order valence-electron chi connectivity index (χ2n) is 5.12. The van der Waals surface area contributed by atoms with E-state index in [1.165, 1.54) is 58.4 Å². The van der Waals surface area contributed by atoms with Crippen LogP contribution in [0.15, 0.2) is 0 Å². The fourth-order valence-corrected chi connectivity index (χ4v) is 2.41. The monoisotopic (exact) mass is 228 g/mol. The number of aliphatic hydroxyl groups excluding tert-OH is 1. The largest absolute Gasteiger partial charge is 0.396 e. The van der Waals surface area contributed by atoms with E-state index in [-0.39, 0.29) is 0 Å². The van der Waals surface area contributed by atoms with Crippen LogP contribution in [0.5, 0.6) is 0 Å². The highest BCUT2D eigenvalue weighted by Gasteiger charge is 2.13. The van der Waals surface area contributed by atoms with Crippen LogP contribution in [0.1, 0.15) is 32.6 Å². The van der Waals surface area contributed by atoms with Crippen molar-refractivity contribution >= 4 is 0 Å². The molecule has 3 heteroatoms. The lowest BCUT2D eigenvalue weighted by Crippen LogP contribution is -2.44. The molecule has 1 atom stereocenters. The van der Waals surface area contributed by atoms with Gasteiger partial charge in [-0.3, -0.25) is 0 Å². The van der Waals surface area contributed by atoms with Crippen molar-refractivity contribution in [2.24, 2.45) is 5.92 Å². The molecule has 1 aliphatic heterocycles. The Kier molecular flexibility index (Phi) is 7.01. The molecule has 0 bridgehead atoms. The van der Waals surface area contributed by atoms with E-state index in [1.54, 1.807) is 0 Å². The number of hydrogen-bond donors (Lipinski definition) is 1. The van der Waals surface area contributed by atoms with Crippen molar-refractivity contribution in [3.63, 3.8) is 0 Å². The third kappa shape index (κ3) is 5.28. The summed E-state index contributed by atoms with van der Waals surface area (Å²) >= 11 is 0. The molecule has 1 rings (SSSR count). The van der Waals surface area contributed by atoms with E-state index in [9.17, 15) is 5.11 Å². The molecule has 0 radical (unpaired) electrons. The average Bonchev–Trinajstić information content (AvgIpc) is 2.30. The van der Waals surface area contributed by atoms with E-state index in [2.05, 4.69) is 23.8 Å². The maximum absolute atomic E-state index is 9.21. The van der Waals surface area contributed by atoms with Gasteiger partial charge in [0.2, 0.25) is 0 Å². The second-order valence-corrected chi connectivity index (χ2v) is 5.12. The molecule has 3 nitrogen and oxygen atoms in total.